The second-order valence-corrected chi connectivity index (χ2v) is 3.86. The molecule has 1 rings (SSSR count). The van der Waals surface area contributed by atoms with Crippen molar-refractivity contribution in [1.29, 1.82) is 0 Å². The molecule has 0 aliphatic heterocycles. The van der Waals surface area contributed by atoms with Crippen molar-refractivity contribution in [2.45, 2.75) is 6.92 Å². The molecule has 1 aromatic carbocycles. The Bertz CT molecular complexity index is 427. The van der Waals surface area contributed by atoms with Crippen molar-refractivity contribution >= 4 is 10.3 Å². The normalized spacial score (nSPS) is 11.1. The first-order chi connectivity index (χ1) is 6.42. The maximum atomic E-state index is 10.6. The van der Waals surface area contributed by atoms with Crippen LogP contribution >= 0.6 is 0 Å². The highest BCUT2D eigenvalue weighted by molar-refractivity contribution is 7.84. The highest BCUT2D eigenvalue weighted by Gasteiger charge is 2.06. The van der Waals surface area contributed by atoms with E-state index in [2.05, 4.69) is 4.18 Å². The zero-order valence-corrected chi connectivity index (χ0v) is 8.67. The van der Waals surface area contributed by atoms with Crippen LogP contribution in [-0.4, -0.2) is 15.5 Å². The van der Waals surface area contributed by atoms with E-state index in [1.165, 1.54) is 19.2 Å². The summed E-state index contributed by atoms with van der Waals surface area (Å²) in [6.07, 6.45) is 0. The number of aryl methyl sites for hydroxylation is 1. The topological polar surface area (TPSA) is 78.6 Å². The Morgan fingerprint density at radius 3 is 2.43 bits per heavy atom. The quantitative estimate of drug-likeness (QED) is 0.803. The Morgan fingerprint density at radius 1 is 1.36 bits per heavy atom. The van der Waals surface area contributed by atoms with Crippen molar-refractivity contribution in [1.82, 2.24) is 0 Å². The number of hydrogen-bond acceptors (Lipinski definition) is 4. The van der Waals surface area contributed by atoms with E-state index in [9.17, 15) is 8.42 Å². The Morgan fingerprint density at radius 2 is 2.00 bits per heavy atom. The fraction of sp³-hybridized carbons (Fsp3) is 0.250. The monoisotopic (exact) mass is 217 g/mol. The summed E-state index contributed by atoms with van der Waals surface area (Å²) < 4.78 is 30.7. The van der Waals surface area contributed by atoms with E-state index in [4.69, 9.17) is 9.88 Å². The molecule has 0 radical (unpaired) electrons. The van der Waals surface area contributed by atoms with E-state index in [0.717, 1.165) is 5.56 Å². The van der Waals surface area contributed by atoms with Crippen molar-refractivity contribution in [3.63, 3.8) is 0 Å². The Kier molecular flexibility index (Phi) is 2.97. The summed E-state index contributed by atoms with van der Waals surface area (Å²) in [5.74, 6) is 0.831. The third-order valence-corrected chi connectivity index (χ3v) is 2.00. The molecule has 0 fully saturated rings. The first-order valence-corrected chi connectivity index (χ1v) is 5.26. The molecule has 0 amide bonds. The number of ether oxygens (including phenoxy) is 1. The molecular formula is C8H11NO4S. The van der Waals surface area contributed by atoms with Gasteiger partial charge in [0.2, 0.25) is 0 Å². The van der Waals surface area contributed by atoms with Crippen molar-refractivity contribution in [3.8, 4) is 11.5 Å². The third-order valence-electron chi connectivity index (χ3n) is 1.58. The molecule has 0 aromatic heterocycles. The van der Waals surface area contributed by atoms with Crippen molar-refractivity contribution < 1.29 is 17.3 Å². The lowest BCUT2D eigenvalue weighted by Gasteiger charge is -2.06. The van der Waals surface area contributed by atoms with Crippen LogP contribution in [0.4, 0.5) is 0 Å². The number of rotatable bonds is 3. The summed E-state index contributed by atoms with van der Waals surface area (Å²) in [4.78, 5) is 0. The van der Waals surface area contributed by atoms with E-state index in [0.29, 0.717) is 5.75 Å². The molecule has 0 spiro atoms. The van der Waals surface area contributed by atoms with Crippen LogP contribution in [0.2, 0.25) is 0 Å². The van der Waals surface area contributed by atoms with Crippen LogP contribution in [-0.2, 0) is 10.3 Å². The molecule has 0 aliphatic carbocycles. The van der Waals surface area contributed by atoms with Crippen LogP contribution < -0.4 is 14.1 Å². The molecule has 0 atom stereocenters. The molecule has 0 unspecified atom stereocenters. The molecule has 14 heavy (non-hydrogen) atoms. The van der Waals surface area contributed by atoms with Gasteiger partial charge in [0.15, 0.2) is 0 Å². The minimum atomic E-state index is -3.95. The van der Waals surface area contributed by atoms with Crippen molar-refractivity contribution in [2.24, 2.45) is 5.14 Å². The van der Waals surface area contributed by atoms with E-state index in [1.807, 2.05) is 0 Å². The molecule has 2 N–H and O–H groups in total. The van der Waals surface area contributed by atoms with Gasteiger partial charge in [0.05, 0.1) is 7.11 Å². The van der Waals surface area contributed by atoms with Gasteiger partial charge in [-0.15, -0.1) is 0 Å². The summed E-state index contributed by atoms with van der Waals surface area (Å²) >= 11 is 0. The third kappa shape index (κ3) is 2.90. The molecule has 0 saturated carbocycles. The lowest BCUT2D eigenvalue weighted by Crippen LogP contribution is -2.18. The van der Waals surface area contributed by atoms with Crippen molar-refractivity contribution in [2.75, 3.05) is 7.11 Å². The maximum Gasteiger partial charge on any atom is 0.380 e. The van der Waals surface area contributed by atoms with Crippen LogP contribution in [0.25, 0.3) is 0 Å². The molecular weight excluding hydrogens is 206 g/mol. The Hall–Kier alpha value is -1.27. The van der Waals surface area contributed by atoms with Gasteiger partial charge in [-0.1, -0.05) is 0 Å². The number of hydrogen-bond donors (Lipinski definition) is 1. The van der Waals surface area contributed by atoms with Crippen molar-refractivity contribution in [3.05, 3.63) is 23.8 Å². The van der Waals surface area contributed by atoms with Crippen LogP contribution in [0.3, 0.4) is 0 Å². The average Bonchev–Trinajstić information content (AvgIpc) is 2.01. The predicted octanol–water partition coefficient (Wildman–Crippen LogP) is 0.586. The summed E-state index contributed by atoms with van der Waals surface area (Å²) in [5.41, 5.74) is 0.772. The zero-order valence-electron chi connectivity index (χ0n) is 7.85. The molecule has 0 heterocycles. The summed E-state index contributed by atoms with van der Waals surface area (Å²) in [7, 11) is -2.42. The van der Waals surface area contributed by atoms with Gasteiger partial charge in [0.1, 0.15) is 11.5 Å². The van der Waals surface area contributed by atoms with Crippen LogP contribution in [0.15, 0.2) is 18.2 Å². The van der Waals surface area contributed by atoms with E-state index in [1.54, 1.807) is 13.0 Å². The predicted molar refractivity (Wildman–Crippen MR) is 51.5 cm³/mol. The molecule has 0 aliphatic rings. The fourth-order valence-corrected chi connectivity index (χ4v) is 1.41. The van der Waals surface area contributed by atoms with E-state index < -0.39 is 10.3 Å². The molecule has 0 bridgehead atoms. The lowest BCUT2D eigenvalue weighted by molar-refractivity contribution is 0.410. The standard InChI is InChI=1S/C8H11NO4S/c1-6-5-7(13-14(9,10)11)3-4-8(6)12-2/h3-5H,1-2H3,(H2,9,10,11). The fourth-order valence-electron chi connectivity index (χ4n) is 1.04. The Balaban J connectivity index is 2.98. The molecule has 6 heteroatoms. The lowest BCUT2D eigenvalue weighted by atomic mass is 10.2. The molecule has 1 aromatic rings. The van der Waals surface area contributed by atoms with Gasteiger partial charge < -0.3 is 8.92 Å². The van der Waals surface area contributed by atoms with E-state index >= 15 is 0 Å². The van der Waals surface area contributed by atoms with Gasteiger partial charge >= 0.3 is 10.3 Å². The van der Waals surface area contributed by atoms with Crippen LogP contribution in [0, 0.1) is 6.92 Å². The number of methoxy groups -OCH3 is 1. The van der Waals surface area contributed by atoms with Gasteiger partial charge in [0.25, 0.3) is 0 Å². The number of benzene rings is 1. The van der Waals surface area contributed by atoms with Gasteiger partial charge in [0, 0.05) is 0 Å². The maximum absolute atomic E-state index is 10.6. The molecule has 0 saturated heterocycles. The first-order valence-electron chi connectivity index (χ1n) is 3.79. The SMILES string of the molecule is COc1ccc(OS(N)(=O)=O)cc1C. The van der Waals surface area contributed by atoms with Gasteiger partial charge in [-0.3, -0.25) is 0 Å². The smallest absolute Gasteiger partial charge is 0.380 e. The number of nitrogens with two attached hydrogens (primary N) is 1. The van der Waals surface area contributed by atoms with Gasteiger partial charge in [-0.05, 0) is 30.7 Å². The van der Waals surface area contributed by atoms with Gasteiger partial charge in [-0.2, -0.15) is 13.6 Å². The highest BCUT2D eigenvalue weighted by atomic mass is 32.2. The average molecular weight is 217 g/mol. The molecule has 5 nitrogen and oxygen atoms in total. The van der Waals surface area contributed by atoms with Crippen LogP contribution in [0.1, 0.15) is 5.56 Å². The second-order valence-electron chi connectivity index (χ2n) is 2.71. The van der Waals surface area contributed by atoms with Gasteiger partial charge in [-0.25, -0.2) is 0 Å². The summed E-state index contributed by atoms with van der Waals surface area (Å²) in [6.45, 7) is 1.77. The largest absolute Gasteiger partial charge is 0.496 e. The minimum absolute atomic E-state index is 0.172. The summed E-state index contributed by atoms with van der Waals surface area (Å²) in [6, 6.07) is 4.61. The van der Waals surface area contributed by atoms with Crippen LogP contribution in [0.5, 0.6) is 11.5 Å². The second kappa shape index (κ2) is 3.85. The Labute approximate surface area is 82.7 Å². The summed E-state index contributed by atoms with van der Waals surface area (Å²) in [5, 5.41) is 4.71. The van der Waals surface area contributed by atoms with E-state index in [-0.39, 0.29) is 5.75 Å². The first kappa shape index (κ1) is 10.8. The molecule has 78 valence electrons. The zero-order chi connectivity index (χ0) is 10.8. The highest BCUT2D eigenvalue weighted by Crippen LogP contribution is 2.23. The minimum Gasteiger partial charge on any atom is -0.496 e.